The quantitative estimate of drug-likeness (QED) is 0.329. The number of methoxy groups -OCH3 is 3. The average Bonchev–Trinajstić information content (AvgIpc) is 2.90. The van der Waals surface area contributed by atoms with Gasteiger partial charge in [-0.15, -0.1) is 0 Å². The number of hydrogen-bond acceptors (Lipinski definition) is 7. The fourth-order valence-corrected chi connectivity index (χ4v) is 7.03. The van der Waals surface area contributed by atoms with Gasteiger partial charge < -0.3 is 23.7 Å². The maximum Gasteiger partial charge on any atom is 0.163 e. The number of ketones is 2. The smallest absolute Gasteiger partial charge is 0.163 e. The van der Waals surface area contributed by atoms with Gasteiger partial charge in [0.2, 0.25) is 0 Å². The standard InChI is InChI=1S/C30H46O7/c1-18(2)14-15-36-24-13-11-21-28(32)20-8-6-7-9-23(20)37-29(21)27(24)22(31)12-10-19-16-25(33-3)30(35-5)26(17-19)34-4/h10,12,14,19-21,23-27,29-30H,6-9,11,13,15-17H2,1-5H3. The molecule has 8 atom stereocenters. The van der Waals surface area contributed by atoms with E-state index in [-0.39, 0.29) is 54.1 Å². The van der Waals surface area contributed by atoms with Gasteiger partial charge in [-0.3, -0.25) is 9.59 Å². The summed E-state index contributed by atoms with van der Waals surface area (Å²) in [7, 11) is 5.06. The molecule has 0 aromatic rings. The lowest BCUT2D eigenvalue weighted by atomic mass is 9.66. The fourth-order valence-electron chi connectivity index (χ4n) is 7.03. The van der Waals surface area contributed by atoms with E-state index in [1.54, 1.807) is 27.4 Å². The molecule has 3 saturated carbocycles. The summed E-state index contributed by atoms with van der Waals surface area (Å²) in [6.45, 7) is 4.54. The van der Waals surface area contributed by atoms with Crippen LogP contribution >= 0.6 is 0 Å². The topological polar surface area (TPSA) is 80.3 Å². The molecular weight excluding hydrogens is 472 g/mol. The maximum atomic E-state index is 13.8. The minimum absolute atomic E-state index is 0.00244. The summed E-state index contributed by atoms with van der Waals surface area (Å²) in [5.41, 5.74) is 1.18. The summed E-state index contributed by atoms with van der Waals surface area (Å²) in [5.74, 6) is -0.245. The largest absolute Gasteiger partial charge is 0.379 e. The molecule has 8 unspecified atom stereocenters. The minimum atomic E-state index is -0.473. The normalized spacial score (nSPS) is 40.2. The third kappa shape index (κ3) is 6.44. The van der Waals surface area contributed by atoms with E-state index in [4.69, 9.17) is 23.7 Å². The number of fused-ring (bicyclic) bond motifs is 2. The molecule has 0 aromatic carbocycles. The van der Waals surface area contributed by atoms with E-state index >= 15 is 0 Å². The zero-order chi connectivity index (χ0) is 26.5. The molecule has 1 heterocycles. The zero-order valence-electron chi connectivity index (χ0n) is 23.2. The molecule has 4 fully saturated rings. The second kappa shape index (κ2) is 13.1. The van der Waals surface area contributed by atoms with Crippen molar-refractivity contribution in [3.8, 4) is 0 Å². The second-order valence-corrected chi connectivity index (χ2v) is 11.5. The SMILES string of the molecule is COC1CC(C=CC(=O)C2C(OCC=C(C)C)CCC3C(=O)C4CCCCC4OC32)CC(OC)C1OC. The van der Waals surface area contributed by atoms with Crippen molar-refractivity contribution >= 4 is 11.6 Å². The first-order chi connectivity index (χ1) is 17.9. The lowest BCUT2D eigenvalue weighted by Crippen LogP contribution is -2.58. The molecule has 37 heavy (non-hydrogen) atoms. The van der Waals surface area contributed by atoms with Crippen molar-refractivity contribution in [3.05, 3.63) is 23.8 Å². The van der Waals surface area contributed by atoms with Crippen LogP contribution in [0.1, 0.15) is 65.2 Å². The van der Waals surface area contributed by atoms with E-state index in [1.807, 2.05) is 26.0 Å². The van der Waals surface area contributed by atoms with Crippen LogP contribution in [0.5, 0.6) is 0 Å². The monoisotopic (exact) mass is 518 g/mol. The van der Waals surface area contributed by atoms with E-state index in [0.29, 0.717) is 18.8 Å². The number of Topliss-reactive ketones (excluding diaryl/α,β-unsaturated/α-hetero) is 1. The summed E-state index contributed by atoms with van der Waals surface area (Å²) >= 11 is 0. The van der Waals surface area contributed by atoms with Crippen molar-refractivity contribution in [1.82, 2.24) is 0 Å². The van der Waals surface area contributed by atoms with Gasteiger partial charge >= 0.3 is 0 Å². The van der Waals surface area contributed by atoms with Gasteiger partial charge in [0.1, 0.15) is 11.9 Å². The summed E-state index contributed by atoms with van der Waals surface area (Å²) in [4.78, 5) is 27.3. The van der Waals surface area contributed by atoms with E-state index in [9.17, 15) is 9.59 Å². The lowest BCUT2D eigenvalue weighted by molar-refractivity contribution is -0.192. The number of hydrogen-bond donors (Lipinski definition) is 0. The Bertz CT molecular complexity index is 833. The summed E-state index contributed by atoms with van der Waals surface area (Å²) in [5, 5.41) is 0. The highest BCUT2D eigenvalue weighted by molar-refractivity contribution is 5.94. The van der Waals surface area contributed by atoms with Crippen molar-refractivity contribution in [1.29, 1.82) is 0 Å². The Labute approximate surface area is 222 Å². The number of rotatable bonds is 9. The molecular formula is C30H46O7. The number of carbonyl (C=O) groups is 2. The Morgan fingerprint density at radius 1 is 0.919 bits per heavy atom. The summed E-state index contributed by atoms with van der Waals surface area (Å²) in [6.07, 6.45) is 11.6. The van der Waals surface area contributed by atoms with E-state index in [0.717, 1.165) is 44.9 Å². The van der Waals surface area contributed by atoms with Crippen molar-refractivity contribution in [2.45, 2.75) is 102 Å². The molecule has 208 valence electrons. The molecule has 1 saturated heterocycles. The predicted molar refractivity (Wildman–Crippen MR) is 140 cm³/mol. The number of ether oxygens (including phenoxy) is 5. The van der Waals surface area contributed by atoms with Crippen molar-refractivity contribution in [2.75, 3.05) is 27.9 Å². The molecule has 0 spiro atoms. The van der Waals surface area contributed by atoms with Crippen LogP contribution in [0.3, 0.4) is 0 Å². The van der Waals surface area contributed by atoms with Gasteiger partial charge in [-0.1, -0.05) is 30.6 Å². The van der Waals surface area contributed by atoms with Gasteiger partial charge in [-0.25, -0.2) is 0 Å². The number of carbonyl (C=O) groups excluding carboxylic acids is 2. The molecule has 0 bridgehead atoms. The molecule has 0 radical (unpaired) electrons. The first-order valence-electron chi connectivity index (χ1n) is 14.1. The Morgan fingerprint density at radius 3 is 2.27 bits per heavy atom. The van der Waals surface area contributed by atoms with Gasteiger partial charge in [0.15, 0.2) is 5.78 Å². The van der Waals surface area contributed by atoms with Crippen LogP contribution < -0.4 is 0 Å². The Kier molecular flexibility index (Phi) is 10.1. The van der Waals surface area contributed by atoms with Crippen molar-refractivity contribution in [3.63, 3.8) is 0 Å². The van der Waals surface area contributed by atoms with Crippen LogP contribution in [0.4, 0.5) is 0 Å². The summed E-state index contributed by atoms with van der Waals surface area (Å²) in [6, 6.07) is 0. The highest BCUT2D eigenvalue weighted by Gasteiger charge is 2.53. The second-order valence-electron chi connectivity index (χ2n) is 11.5. The summed E-state index contributed by atoms with van der Waals surface area (Å²) < 4.78 is 29.9. The van der Waals surface area contributed by atoms with Crippen LogP contribution in [0.2, 0.25) is 0 Å². The Morgan fingerprint density at radius 2 is 1.62 bits per heavy atom. The third-order valence-electron chi connectivity index (χ3n) is 9.02. The molecule has 7 nitrogen and oxygen atoms in total. The van der Waals surface area contributed by atoms with Crippen LogP contribution in [-0.4, -0.2) is 76.1 Å². The fraction of sp³-hybridized carbons (Fsp3) is 0.800. The van der Waals surface area contributed by atoms with Gasteiger partial charge in [0.05, 0.1) is 43.0 Å². The lowest BCUT2D eigenvalue weighted by Gasteiger charge is -2.49. The van der Waals surface area contributed by atoms with E-state index < -0.39 is 12.0 Å². The predicted octanol–water partition coefficient (Wildman–Crippen LogP) is 4.47. The molecule has 0 aromatic heterocycles. The van der Waals surface area contributed by atoms with Crippen LogP contribution in [0.25, 0.3) is 0 Å². The first kappa shape index (κ1) is 28.6. The van der Waals surface area contributed by atoms with Gasteiger partial charge in [-0.2, -0.15) is 0 Å². The Balaban J connectivity index is 1.53. The third-order valence-corrected chi connectivity index (χ3v) is 9.02. The van der Waals surface area contributed by atoms with Crippen LogP contribution in [0, 0.1) is 23.7 Å². The van der Waals surface area contributed by atoms with Crippen LogP contribution in [0.15, 0.2) is 23.8 Å². The highest BCUT2D eigenvalue weighted by atomic mass is 16.6. The number of allylic oxidation sites excluding steroid dienone is 3. The Hall–Kier alpha value is -1.38. The van der Waals surface area contributed by atoms with Gasteiger partial charge in [0.25, 0.3) is 0 Å². The van der Waals surface area contributed by atoms with Gasteiger partial charge in [0, 0.05) is 33.2 Å². The van der Waals surface area contributed by atoms with Crippen molar-refractivity contribution < 1.29 is 33.3 Å². The molecule has 0 N–H and O–H groups in total. The van der Waals surface area contributed by atoms with Crippen LogP contribution in [-0.2, 0) is 33.3 Å². The van der Waals surface area contributed by atoms with Crippen molar-refractivity contribution in [2.24, 2.45) is 23.7 Å². The zero-order valence-corrected chi connectivity index (χ0v) is 23.2. The molecule has 3 aliphatic carbocycles. The molecule has 4 aliphatic rings. The molecule has 1 aliphatic heterocycles. The van der Waals surface area contributed by atoms with E-state index in [2.05, 4.69) is 0 Å². The molecule has 4 rings (SSSR count). The highest BCUT2D eigenvalue weighted by Crippen LogP contribution is 2.45. The first-order valence-corrected chi connectivity index (χ1v) is 14.1. The van der Waals surface area contributed by atoms with Gasteiger partial charge in [-0.05, 0) is 64.4 Å². The average molecular weight is 519 g/mol. The molecule has 0 amide bonds. The maximum absolute atomic E-state index is 13.8. The molecule has 7 heteroatoms. The minimum Gasteiger partial charge on any atom is -0.379 e. The van der Waals surface area contributed by atoms with E-state index in [1.165, 1.54) is 5.57 Å².